The summed E-state index contributed by atoms with van der Waals surface area (Å²) >= 11 is 24.3. The van der Waals surface area contributed by atoms with E-state index in [-0.39, 0.29) is 31.4 Å². The van der Waals surface area contributed by atoms with Crippen molar-refractivity contribution in [2.75, 3.05) is 0 Å². The van der Waals surface area contributed by atoms with Crippen molar-refractivity contribution >= 4 is 52.2 Å². The Morgan fingerprint density at radius 1 is 0.905 bits per heavy atom. The molecule has 0 spiro atoms. The molecule has 1 fully saturated rings. The van der Waals surface area contributed by atoms with E-state index < -0.39 is 5.41 Å². The Morgan fingerprint density at radius 2 is 1.52 bits per heavy atom. The van der Waals surface area contributed by atoms with Crippen LogP contribution in [0, 0.1) is 0 Å². The van der Waals surface area contributed by atoms with E-state index in [1.165, 1.54) is 6.07 Å². The maximum Gasteiger partial charge on any atom is 0.176 e. The minimum atomic E-state index is -0.536. The fourth-order valence-corrected chi connectivity index (χ4v) is 3.63. The zero-order chi connectivity index (χ0) is 15.2. The van der Waals surface area contributed by atoms with Crippen LogP contribution >= 0.6 is 46.4 Å². The molecule has 0 amide bonds. The van der Waals surface area contributed by atoms with Gasteiger partial charge in [0.05, 0.1) is 31.1 Å². The number of Topliss-reactive ketones (excluding diaryl/α,β-unsaturated/α-hetero) is 1. The second kappa shape index (κ2) is 5.48. The van der Waals surface area contributed by atoms with Gasteiger partial charge in [-0.15, -0.1) is 0 Å². The van der Waals surface area contributed by atoms with Gasteiger partial charge in [0.25, 0.3) is 0 Å². The molecule has 1 aliphatic carbocycles. The third-order valence-corrected chi connectivity index (χ3v) is 5.41. The Bertz CT molecular complexity index is 721. The molecule has 0 unspecified atom stereocenters. The molecule has 21 heavy (non-hydrogen) atoms. The molecule has 0 aromatic heterocycles. The molecule has 5 heteroatoms. The lowest BCUT2D eigenvalue weighted by molar-refractivity contribution is 0.0946. The maximum atomic E-state index is 13.0. The molecule has 0 saturated heterocycles. The van der Waals surface area contributed by atoms with Gasteiger partial charge in [-0.2, -0.15) is 0 Å². The molecule has 1 aliphatic rings. The summed E-state index contributed by atoms with van der Waals surface area (Å²) in [4.78, 5) is 13.0. The van der Waals surface area contributed by atoms with Crippen LogP contribution in [0.1, 0.15) is 28.8 Å². The van der Waals surface area contributed by atoms with E-state index in [9.17, 15) is 4.79 Å². The molecule has 0 heterocycles. The van der Waals surface area contributed by atoms with E-state index in [4.69, 9.17) is 46.4 Å². The lowest BCUT2D eigenvalue weighted by atomic mass is 9.87. The Hall–Kier alpha value is -0.730. The van der Waals surface area contributed by atoms with Crippen molar-refractivity contribution in [3.8, 4) is 0 Å². The summed E-state index contributed by atoms with van der Waals surface area (Å²) in [6.07, 6.45) is 1.56. The minimum absolute atomic E-state index is 0.0951. The molecule has 108 valence electrons. The van der Waals surface area contributed by atoms with Gasteiger partial charge in [-0.1, -0.05) is 76.7 Å². The lowest BCUT2D eigenvalue weighted by Gasteiger charge is -2.17. The van der Waals surface area contributed by atoms with Crippen LogP contribution in [0.4, 0.5) is 0 Å². The molecule has 3 rings (SSSR count). The van der Waals surface area contributed by atoms with Gasteiger partial charge in [-0.25, -0.2) is 0 Å². The van der Waals surface area contributed by atoms with Gasteiger partial charge >= 0.3 is 0 Å². The van der Waals surface area contributed by atoms with Crippen molar-refractivity contribution in [2.45, 2.75) is 18.3 Å². The van der Waals surface area contributed by atoms with Crippen molar-refractivity contribution in [3.05, 3.63) is 67.6 Å². The monoisotopic (exact) mass is 358 g/mol. The number of ketones is 1. The average Bonchev–Trinajstić information content (AvgIpc) is 3.27. The van der Waals surface area contributed by atoms with Crippen LogP contribution in [0.5, 0.6) is 0 Å². The summed E-state index contributed by atoms with van der Waals surface area (Å²) in [5, 5.41) is 0.769. The van der Waals surface area contributed by atoms with Crippen molar-refractivity contribution in [2.24, 2.45) is 0 Å². The minimum Gasteiger partial charge on any atom is -0.293 e. The first kappa shape index (κ1) is 15.2. The van der Waals surface area contributed by atoms with Gasteiger partial charge in [0, 0.05) is 0 Å². The van der Waals surface area contributed by atoms with Gasteiger partial charge in [0.1, 0.15) is 0 Å². The second-order valence-electron chi connectivity index (χ2n) is 5.12. The Labute approximate surface area is 142 Å². The summed E-state index contributed by atoms with van der Waals surface area (Å²) in [6, 6.07) is 11.1. The fraction of sp³-hybridized carbons (Fsp3) is 0.188. The van der Waals surface area contributed by atoms with E-state index in [0.29, 0.717) is 0 Å². The SMILES string of the molecule is O=C(c1c(Cl)cc(Cl)c(Cl)c1Cl)C1(c2ccccc2)CC1. The number of carbonyl (C=O) groups excluding carboxylic acids is 1. The Morgan fingerprint density at radius 3 is 2.10 bits per heavy atom. The van der Waals surface area contributed by atoms with Crippen molar-refractivity contribution < 1.29 is 4.79 Å². The number of halogens is 4. The summed E-state index contributed by atoms with van der Waals surface area (Å²) in [7, 11) is 0. The largest absolute Gasteiger partial charge is 0.293 e. The van der Waals surface area contributed by atoms with E-state index in [0.717, 1.165) is 18.4 Å². The van der Waals surface area contributed by atoms with Crippen molar-refractivity contribution in [3.63, 3.8) is 0 Å². The highest BCUT2D eigenvalue weighted by Crippen LogP contribution is 2.52. The zero-order valence-electron chi connectivity index (χ0n) is 10.8. The normalized spacial score (nSPS) is 15.8. The molecular weight excluding hydrogens is 350 g/mol. The van der Waals surface area contributed by atoms with Crippen molar-refractivity contribution in [1.29, 1.82) is 0 Å². The van der Waals surface area contributed by atoms with Gasteiger partial charge in [-0.05, 0) is 24.5 Å². The van der Waals surface area contributed by atoms with Crippen LogP contribution in [0.15, 0.2) is 36.4 Å². The summed E-state index contributed by atoms with van der Waals surface area (Å²) < 4.78 is 0. The predicted molar refractivity (Wildman–Crippen MR) is 88.2 cm³/mol. The number of rotatable bonds is 3. The molecule has 1 saturated carbocycles. The van der Waals surface area contributed by atoms with Gasteiger partial charge in [0.15, 0.2) is 5.78 Å². The number of hydrogen-bond donors (Lipinski definition) is 0. The topological polar surface area (TPSA) is 17.1 Å². The summed E-state index contributed by atoms with van der Waals surface area (Å²) in [5.41, 5.74) is 0.702. The molecule has 0 radical (unpaired) electrons. The highest BCUT2D eigenvalue weighted by Gasteiger charge is 2.52. The second-order valence-corrected chi connectivity index (χ2v) is 6.69. The maximum absolute atomic E-state index is 13.0. The van der Waals surface area contributed by atoms with Gasteiger partial charge in [0.2, 0.25) is 0 Å². The highest BCUT2D eigenvalue weighted by molar-refractivity contribution is 6.51. The van der Waals surface area contributed by atoms with Crippen molar-refractivity contribution in [1.82, 2.24) is 0 Å². The van der Waals surface area contributed by atoms with Crippen LogP contribution in [0.3, 0.4) is 0 Å². The van der Waals surface area contributed by atoms with Crippen LogP contribution in [-0.4, -0.2) is 5.78 Å². The first-order chi connectivity index (χ1) is 9.97. The Kier molecular flexibility index (Phi) is 3.96. The third-order valence-electron chi connectivity index (χ3n) is 3.85. The van der Waals surface area contributed by atoms with E-state index in [1.54, 1.807) is 0 Å². The third kappa shape index (κ3) is 2.47. The summed E-state index contributed by atoms with van der Waals surface area (Å²) in [5.74, 6) is -0.0951. The molecular formula is C16H10Cl4O. The molecule has 2 aromatic carbocycles. The smallest absolute Gasteiger partial charge is 0.176 e. The van der Waals surface area contributed by atoms with Crippen LogP contribution in [-0.2, 0) is 5.41 Å². The molecule has 0 N–H and O–H groups in total. The number of hydrogen-bond acceptors (Lipinski definition) is 1. The Balaban J connectivity index is 2.11. The highest BCUT2D eigenvalue weighted by atomic mass is 35.5. The van der Waals surface area contributed by atoms with E-state index in [1.807, 2.05) is 30.3 Å². The fourth-order valence-electron chi connectivity index (χ4n) is 2.54. The van der Waals surface area contributed by atoms with Crippen LogP contribution in [0.2, 0.25) is 20.1 Å². The van der Waals surface area contributed by atoms with Crippen LogP contribution in [0.25, 0.3) is 0 Å². The van der Waals surface area contributed by atoms with Gasteiger partial charge in [-0.3, -0.25) is 4.79 Å². The first-order valence-electron chi connectivity index (χ1n) is 6.41. The standard InChI is InChI=1S/C16H10Cl4O/c17-10-8-11(18)13(19)14(20)12(10)15(21)16(6-7-16)9-4-2-1-3-5-9/h1-5,8H,6-7H2. The number of carbonyl (C=O) groups is 1. The zero-order valence-corrected chi connectivity index (χ0v) is 13.8. The first-order valence-corrected chi connectivity index (χ1v) is 7.92. The molecule has 0 bridgehead atoms. The molecule has 2 aromatic rings. The van der Waals surface area contributed by atoms with Crippen LogP contribution < -0.4 is 0 Å². The molecule has 0 atom stereocenters. The average molecular weight is 360 g/mol. The quantitative estimate of drug-likeness (QED) is 0.361. The summed E-state index contributed by atoms with van der Waals surface area (Å²) in [6.45, 7) is 0. The lowest BCUT2D eigenvalue weighted by Crippen LogP contribution is -2.21. The van der Waals surface area contributed by atoms with E-state index in [2.05, 4.69) is 0 Å². The predicted octanol–water partition coefficient (Wildman–Crippen LogP) is 6.21. The van der Waals surface area contributed by atoms with Gasteiger partial charge < -0.3 is 0 Å². The van der Waals surface area contributed by atoms with E-state index >= 15 is 0 Å². The number of benzene rings is 2. The molecule has 0 aliphatic heterocycles. The molecule has 1 nitrogen and oxygen atoms in total.